The molecule has 0 saturated carbocycles. The molecule has 1 fully saturated rings. The van der Waals surface area contributed by atoms with Gasteiger partial charge >= 0.3 is 0 Å². The molecule has 7 heteroatoms. The highest BCUT2D eigenvalue weighted by Crippen LogP contribution is 2.20. The third-order valence-corrected chi connectivity index (χ3v) is 4.48. The van der Waals surface area contributed by atoms with E-state index in [-0.39, 0.29) is 0 Å². The summed E-state index contributed by atoms with van der Waals surface area (Å²) >= 11 is 0. The molecule has 1 aliphatic heterocycles. The highest BCUT2D eigenvalue weighted by molar-refractivity contribution is 5.53. The normalized spacial score (nSPS) is 15.7. The first-order valence-corrected chi connectivity index (χ1v) is 8.55. The van der Waals surface area contributed by atoms with Gasteiger partial charge in [0.1, 0.15) is 12.1 Å². The molecule has 130 valence electrons. The molecule has 1 saturated heterocycles. The smallest absolute Gasteiger partial charge is 0.244 e. The molecule has 1 aromatic carbocycles. The van der Waals surface area contributed by atoms with Gasteiger partial charge in [0.15, 0.2) is 0 Å². The minimum atomic E-state index is 0.685. The third kappa shape index (κ3) is 3.56. The van der Waals surface area contributed by atoms with Crippen LogP contribution in [0.4, 0.5) is 5.95 Å². The largest absolute Gasteiger partial charge is 0.444 e. The number of benzene rings is 1. The van der Waals surface area contributed by atoms with Crippen LogP contribution in [0.1, 0.15) is 17.1 Å². The first-order valence-electron chi connectivity index (χ1n) is 8.55. The lowest BCUT2D eigenvalue weighted by atomic mass is 10.1. The molecule has 7 nitrogen and oxygen atoms in total. The molecule has 0 atom stereocenters. The third-order valence-electron chi connectivity index (χ3n) is 4.48. The molecule has 0 aliphatic carbocycles. The van der Waals surface area contributed by atoms with Crippen LogP contribution in [-0.4, -0.2) is 51.2 Å². The summed E-state index contributed by atoms with van der Waals surface area (Å²) in [6.07, 6.45) is 1.76. The molecule has 0 spiro atoms. The summed E-state index contributed by atoms with van der Waals surface area (Å²) in [5, 5.41) is 7.14. The van der Waals surface area contributed by atoms with Crippen LogP contribution in [0.2, 0.25) is 0 Å². The first kappa shape index (κ1) is 15.8. The SMILES string of the molecule is Cc1ccc(-c2nc(CN3CCN(c4n[nH]c(C)n4)CC3)co2)cc1. The number of aromatic amines is 1. The fraction of sp³-hybridized carbons (Fsp3) is 0.389. The Hall–Kier alpha value is -2.67. The number of H-pyrrole nitrogens is 1. The topological polar surface area (TPSA) is 74.1 Å². The van der Waals surface area contributed by atoms with Gasteiger partial charge in [-0.25, -0.2) is 4.98 Å². The molecule has 1 N–H and O–H groups in total. The highest BCUT2D eigenvalue weighted by Gasteiger charge is 2.20. The number of nitrogens with zero attached hydrogens (tertiary/aromatic N) is 5. The van der Waals surface area contributed by atoms with Crippen LogP contribution in [0.3, 0.4) is 0 Å². The van der Waals surface area contributed by atoms with Crippen molar-refractivity contribution in [1.29, 1.82) is 0 Å². The summed E-state index contributed by atoms with van der Waals surface area (Å²) in [4.78, 5) is 13.6. The van der Waals surface area contributed by atoms with Gasteiger partial charge in [-0.05, 0) is 26.0 Å². The van der Waals surface area contributed by atoms with E-state index in [9.17, 15) is 0 Å². The first-order chi connectivity index (χ1) is 12.2. The summed E-state index contributed by atoms with van der Waals surface area (Å²) in [7, 11) is 0. The van der Waals surface area contributed by atoms with Gasteiger partial charge in [0.05, 0.1) is 5.69 Å². The van der Waals surface area contributed by atoms with Crippen LogP contribution < -0.4 is 4.90 Å². The summed E-state index contributed by atoms with van der Waals surface area (Å²) in [5.74, 6) is 2.33. The zero-order valence-electron chi connectivity index (χ0n) is 14.6. The van der Waals surface area contributed by atoms with Crippen molar-refractivity contribution in [2.45, 2.75) is 20.4 Å². The number of hydrogen-bond acceptors (Lipinski definition) is 6. The predicted octanol–water partition coefficient (Wildman–Crippen LogP) is 2.40. The van der Waals surface area contributed by atoms with Gasteiger partial charge in [0.2, 0.25) is 11.8 Å². The summed E-state index contributed by atoms with van der Waals surface area (Å²) < 4.78 is 5.65. The predicted molar refractivity (Wildman–Crippen MR) is 95.3 cm³/mol. The number of piperazine rings is 1. The van der Waals surface area contributed by atoms with Crippen molar-refractivity contribution in [1.82, 2.24) is 25.1 Å². The number of nitrogens with one attached hydrogen (secondary N) is 1. The Balaban J connectivity index is 1.35. The maximum atomic E-state index is 5.65. The van der Waals surface area contributed by atoms with Crippen molar-refractivity contribution < 1.29 is 4.42 Å². The molecular formula is C18H22N6O. The summed E-state index contributed by atoms with van der Waals surface area (Å²) in [6, 6.07) is 8.23. The molecule has 2 aromatic heterocycles. The van der Waals surface area contributed by atoms with E-state index < -0.39 is 0 Å². The Morgan fingerprint density at radius 3 is 2.48 bits per heavy atom. The van der Waals surface area contributed by atoms with Crippen molar-refractivity contribution in [3.63, 3.8) is 0 Å². The van der Waals surface area contributed by atoms with E-state index in [1.165, 1.54) is 5.56 Å². The fourth-order valence-corrected chi connectivity index (χ4v) is 3.02. The maximum Gasteiger partial charge on any atom is 0.244 e. The lowest BCUT2D eigenvalue weighted by molar-refractivity contribution is 0.246. The molecule has 3 aromatic rings. The monoisotopic (exact) mass is 338 g/mol. The Morgan fingerprint density at radius 2 is 1.80 bits per heavy atom. The van der Waals surface area contributed by atoms with Crippen LogP contribution in [-0.2, 0) is 6.54 Å². The quantitative estimate of drug-likeness (QED) is 0.787. The minimum absolute atomic E-state index is 0.685. The van der Waals surface area contributed by atoms with Crippen molar-refractivity contribution in [2.24, 2.45) is 0 Å². The maximum absolute atomic E-state index is 5.65. The summed E-state index contributed by atoms with van der Waals surface area (Å²) in [6.45, 7) is 8.55. The van der Waals surface area contributed by atoms with E-state index in [2.05, 4.69) is 49.0 Å². The van der Waals surface area contributed by atoms with Gasteiger partial charge in [0, 0.05) is 38.3 Å². The number of rotatable bonds is 4. The lowest BCUT2D eigenvalue weighted by Crippen LogP contribution is -2.46. The van der Waals surface area contributed by atoms with Crippen molar-refractivity contribution in [2.75, 3.05) is 31.1 Å². The van der Waals surface area contributed by atoms with E-state index in [4.69, 9.17) is 4.42 Å². The standard InChI is InChI=1S/C18H22N6O/c1-13-3-5-15(6-4-13)17-20-16(12-25-17)11-23-7-9-24(10-8-23)18-19-14(2)21-22-18/h3-6,12H,7-11H2,1-2H3,(H,19,21,22). The van der Waals surface area contributed by atoms with E-state index >= 15 is 0 Å². The Bertz CT molecular complexity index is 829. The number of hydrogen-bond donors (Lipinski definition) is 1. The average Bonchev–Trinajstić information content (AvgIpc) is 3.26. The van der Waals surface area contributed by atoms with Crippen molar-refractivity contribution in [3.05, 3.63) is 47.6 Å². The van der Waals surface area contributed by atoms with E-state index in [0.29, 0.717) is 5.89 Å². The number of aryl methyl sites for hydroxylation is 2. The Morgan fingerprint density at radius 1 is 1.04 bits per heavy atom. The van der Waals surface area contributed by atoms with Gasteiger partial charge in [-0.3, -0.25) is 10.00 Å². The molecular weight excluding hydrogens is 316 g/mol. The highest BCUT2D eigenvalue weighted by atomic mass is 16.3. The second kappa shape index (κ2) is 6.68. The molecule has 0 radical (unpaired) electrons. The van der Waals surface area contributed by atoms with Crippen LogP contribution in [0.15, 0.2) is 34.9 Å². The average molecular weight is 338 g/mol. The van der Waals surface area contributed by atoms with Crippen LogP contribution in [0, 0.1) is 13.8 Å². The fourth-order valence-electron chi connectivity index (χ4n) is 3.02. The molecule has 4 rings (SSSR count). The number of oxazole rings is 1. The molecule has 3 heterocycles. The number of aromatic nitrogens is 4. The minimum Gasteiger partial charge on any atom is -0.444 e. The van der Waals surface area contributed by atoms with Gasteiger partial charge in [0.25, 0.3) is 0 Å². The van der Waals surface area contributed by atoms with E-state index in [1.807, 2.05) is 19.1 Å². The van der Waals surface area contributed by atoms with Gasteiger partial charge in [-0.15, -0.1) is 5.10 Å². The van der Waals surface area contributed by atoms with E-state index in [1.54, 1.807) is 6.26 Å². The molecule has 0 amide bonds. The summed E-state index contributed by atoms with van der Waals surface area (Å²) in [5.41, 5.74) is 3.22. The zero-order valence-corrected chi connectivity index (χ0v) is 14.6. The van der Waals surface area contributed by atoms with E-state index in [0.717, 1.165) is 55.8 Å². The lowest BCUT2D eigenvalue weighted by Gasteiger charge is -2.33. The second-order valence-electron chi connectivity index (χ2n) is 6.49. The number of anilines is 1. The van der Waals surface area contributed by atoms with Gasteiger partial charge in [-0.2, -0.15) is 4.98 Å². The molecule has 0 bridgehead atoms. The Labute approximate surface area is 146 Å². The van der Waals surface area contributed by atoms with Crippen LogP contribution in [0.25, 0.3) is 11.5 Å². The van der Waals surface area contributed by atoms with Crippen molar-refractivity contribution in [3.8, 4) is 11.5 Å². The van der Waals surface area contributed by atoms with Crippen LogP contribution >= 0.6 is 0 Å². The van der Waals surface area contributed by atoms with Gasteiger partial charge in [-0.1, -0.05) is 17.7 Å². The second-order valence-corrected chi connectivity index (χ2v) is 6.49. The molecule has 1 aliphatic rings. The molecule has 0 unspecified atom stereocenters. The van der Waals surface area contributed by atoms with Crippen molar-refractivity contribution >= 4 is 5.95 Å². The molecule has 25 heavy (non-hydrogen) atoms. The van der Waals surface area contributed by atoms with Crippen LogP contribution in [0.5, 0.6) is 0 Å². The zero-order chi connectivity index (χ0) is 17.2. The Kier molecular flexibility index (Phi) is 4.23. The van der Waals surface area contributed by atoms with Gasteiger partial charge < -0.3 is 9.32 Å².